The number of nitrogen functional groups attached to an aromatic ring is 1. The van der Waals surface area contributed by atoms with E-state index >= 15 is 0 Å². The molecule has 5 nitrogen and oxygen atoms in total. The van der Waals surface area contributed by atoms with E-state index < -0.39 is 10.0 Å². The van der Waals surface area contributed by atoms with Crippen molar-refractivity contribution in [1.82, 2.24) is 4.72 Å². The molecule has 1 aliphatic rings. The lowest BCUT2D eigenvalue weighted by molar-refractivity contribution is 0.398. The van der Waals surface area contributed by atoms with Gasteiger partial charge >= 0.3 is 0 Å². The molecule has 1 unspecified atom stereocenters. The van der Waals surface area contributed by atoms with Crippen LogP contribution in [0.25, 0.3) is 0 Å². The molecule has 142 valence electrons. The molecule has 3 N–H and O–H groups in total. The van der Waals surface area contributed by atoms with Crippen molar-refractivity contribution >= 4 is 28.1 Å². The van der Waals surface area contributed by atoms with Gasteiger partial charge in [-0.2, -0.15) is 0 Å². The standard InChI is InChI=1S/C19H24N2O3S.ClH/c1-12-9-13(2)19(24-3)18(10-12)25(22,23)21-17-6-4-5-14-11-15(20)7-8-16(14)17;/h7-11,17,21H,4-6,20H2,1-3H3;1H. The van der Waals surface area contributed by atoms with Crippen LogP contribution in [-0.2, 0) is 16.4 Å². The molecule has 0 radical (unpaired) electrons. The van der Waals surface area contributed by atoms with Gasteiger partial charge in [0.2, 0.25) is 10.0 Å². The van der Waals surface area contributed by atoms with Crippen LogP contribution in [0, 0.1) is 13.8 Å². The van der Waals surface area contributed by atoms with Crippen LogP contribution in [0.3, 0.4) is 0 Å². The van der Waals surface area contributed by atoms with Gasteiger partial charge in [-0.3, -0.25) is 0 Å². The zero-order valence-corrected chi connectivity index (χ0v) is 16.8. The van der Waals surface area contributed by atoms with Crippen LogP contribution >= 0.6 is 12.4 Å². The molecule has 0 aliphatic heterocycles. The van der Waals surface area contributed by atoms with Gasteiger partial charge in [-0.15, -0.1) is 12.4 Å². The van der Waals surface area contributed by atoms with Crippen LogP contribution in [0.15, 0.2) is 35.2 Å². The van der Waals surface area contributed by atoms with Crippen molar-refractivity contribution in [3.05, 3.63) is 52.6 Å². The minimum Gasteiger partial charge on any atom is -0.495 e. The number of methoxy groups -OCH3 is 1. The Bertz CT molecular complexity index is 913. The highest BCUT2D eigenvalue weighted by Crippen LogP contribution is 2.34. The molecule has 0 fully saturated rings. The Labute approximate surface area is 161 Å². The highest BCUT2D eigenvalue weighted by molar-refractivity contribution is 7.89. The molecule has 1 atom stereocenters. The summed E-state index contributed by atoms with van der Waals surface area (Å²) in [5, 5.41) is 0. The molecule has 2 aromatic rings. The fourth-order valence-corrected chi connectivity index (χ4v) is 5.16. The number of benzene rings is 2. The van der Waals surface area contributed by atoms with Gasteiger partial charge < -0.3 is 10.5 Å². The fraction of sp³-hybridized carbons (Fsp3) is 0.368. The van der Waals surface area contributed by atoms with E-state index in [9.17, 15) is 8.42 Å². The predicted molar refractivity (Wildman–Crippen MR) is 107 cm³/mol. The Morgan fingerprint density at radius 3 is 2.62 bits per heavy atom. The molecule has 0 spiro atoms. The molecule has 7 heteroatoms. The number of rotatable bonds is 4. The Morgan fingerprint density at radius 2 is 1.92 bits per heavy atom. The molecule has 0 saturated heterocycles. The smallest absolute Gasteiger partial charge is 0.244 e. The summed E-state index contributed by atoms with van der Waals surface area (Å²) in [6, 6.07) is 9.00. The number of nitrogens with one attached hydrogen (secondary N) is 1. The molecule has 26 heavy (non-hydrogen) atoms. The molecular weight excluding hydrogens is 372 g/mol. The van der Waals surface area contributed by atoms with E-state index in [0.29, 0.717) is 11.4 Å². The summed E-state index contributed by atoms with van der Waals surface area (Å²) in [7, 11) is -2.21. The van der Waals surface area contributed by atoms with Gasteiger partial charge in [-0.05, 0) is 73.6 Å². The van der Waals surface area contributed by atoms with Crippen molar-refractivity contribution in [2.75, 3.05) is 12.8 Å². The van der Waals surface area contributed by atoms with E-state index in [4.69, 9.17) is 10.5 Å². The average molecular weight is 397 g/mol. The first-order valence-electron chi connectivity index (χ1n) is 8.37. The first-order chi connectivity index (χ1) is 11.8. The lowest BCUT2D eigenvalue weighted by atomic mass is 9.88. The van der Waals surface area contributed by atoms with E-state index in [1.807, 2.05) is 38.1 Å². The molecule has 0 amide bonds. The monoisotopic (exact) mass is 396 g/mol. The molecule has 0 aromatic heterocycles. The number of hydrogen-bond donors (Lipinski definition) is 2. The highest BCUT2D eigenvalue weighted by Gasteiger charge is 2.28. The minimum atomic E-state index is -3.71. The predicted octanol–water partition coefficient (Wildman–Crippen LogP) is 3.67. The van der Waals surface area contributed by atoms with Crippen molar-refractivity contribution in [3.63, 3.8) is 0 Å². The van der Waals surface area contributed by atoms with Gasteiger partial charge in [0.1, 0.15) is 10.6 Å². The van der Waals surface area contributed by atoms with Gasteiger partial charge in [0.25, 0.3) is 0 Å². The maximum absolute atomic E-state index is 13.0. The third kappa shape index (κ3) is 3.98. The number of aryl methyl sites for hydroxylation is 3. The second-order valence-electron chi connectivity index (χ2n) is 6.64. The van der Waals surface area contributed by atoms with Crippen molar-refractivity contribution < 1.29 is 13.2 Å². The first kappa shape index (κ1) is 20.6. The average Bonchev–Trinajstić information content (AvgIpc) is 2.54. The maximum atomic E-state index is 13.0. The summed E-state index contributed by atoms with van der Waals surface area (Å²) in [4.78, 5) is 0.190. The van der Waals surface area contributed by atoms with Crippen molar-refractivity contribution in [2.24, 2.45) is 0 Å². The van der Waals surface area contributed by atoms with Gasteiger partial charge in [0, 0.05) is 11.7 Å². The first-order valence-corrected chi connectivity index (χ1v) is 9.86. The summed E-state index contributed by atoms with van der Waals surface area (Å²) < 4.78 is 34.3. The number of ether oxygens (including phenoxy) is 1. The lowest BCUT2D eigenvalue weighted by Crippen LogP contribution is -2.31. The Kier molecular flexibility index (Phi) is 6.21. The van der Waals surface area contributed by atoms with E-state index in [1.54, 1.807) is 6.07 Å². The second-order valence-corrected chi connectivity index (χ2v) is 8.32. The van der Waals surface area contributed by atoms with Crippen molar-refractivity contribution in [1.29, 1.82) is 0 Å². The van der Waals surface area contributed by atoms with Crippen LogP contribution in [0.4, 0.5) is 5.69 Å². The number of halogens is 1. The molecule has 0 bridgehead atoms. The van der Waals surface area contributed by atoms with Crippen LogP contribution in [0.1, 0.15) is 41.1 Å². The molecular formula is C19H25ClN2O3S. The number of anilines is 1. The van der Waals surface area contributed by atoms with Crippen molar-refractivity contribution in [2.45, 2.75) is 44.0 Å². The normalized spacial score (nSPS) is 16.5. The summed E-state index contributed by atoms with van der Waals surface area (Å²) in [6.45, 7) is 3.73. The summed E-state index contributed by atoms with van der Waals surface area (Å²) in [5.74, 6) is 0.395. The third-order valence-electron chi connectivity index (χ3n) is 4.66. The number of hydrogen-bond acceptors (Lipinski definition) is 4. The van der Waals surface area contributed by atoms with Crippen LogP contribution in [0.2, 0.25) is 0 Å². The Hall–Kier alpha value is -1.76. The zero-order chi connectivity index (χ0) is 18.2. The van der Waals surface area contributed by atoms with E-state index in [-0.39, 0.29) is 23.3 Å². The molecule has 0 heterocycles. The van der Waals surface area contributed by atoms with Crippen molar-refractivity contribution in [3.8, 4) is 5.75 Å². The molecule has 0 saturated carbocycles. The summed E-state index contributed by atoms with van der Waals surface area (Å²) in [5.41, 5.74) is 10.4. The Morgan fingerprint density at radius 1 is 1.19 bits per heavy atom. The van der Waals surface area contributed by atoms with Gasteiger partial charge in [0.15, 0.2) is 0 Å². The van der Waals surface area contributed by atoms with Crippen LogP contribution < -0.4 is 15.2 Å². The highest BCUT2D eigenvalue weighted by atomic mass is 35.5. The number of nitrogens with two attached hydrogens (primary N) is 1. The summed E-state index contributed by atoms with van der Waals surface area (Å²) >= 11 is 0. The largest absolute Gasteiger partial charge is 0.495 e. The number of fused-ring (bicyclic) bond motifs is 1. The van der Waals surface area contributed by atoms with Gasteiger partial charge in [-0.1, -0.05) is 12.1 Å². The number of sulfonamides is 1. The zero-order valence-electron chi connectivity index (χ0n) is 15.2. The summed E-state index contributed by atoms with van der Waals surface area (Å²) in [6.07, 6.45) is 2.61. The molecule has 2 aromatic carbocycles. The fourth-order valence-electron chi connectivity index (χ4n) is 3.58. The van der Waals surface area contributed by atoms with E-state index in [0.717, 1.165) is 41.5 Å². The lowest BCUT2D eigenvalue weighted by Gasteiger charge is -2.27. The Balaban J connectivity index is 0.00000243. The van der Waals surface area contributed by atoms with E-state index in [2.05, 4.69) is 4.72 Å². The van der Waals surface area contributed by atoms with Gasteiger partial charge in [-0.25, -0.2) is 13.1 Å². The molecule has 3 rings (SSSR count). The minimum absolute atomic E-state index is 0. The SMILES string of the molecule is COc1c(C)cc(C)cc1S(=O)(=O)NC1CCCc2cc(N)ccc21.Cl. The van der Waals surface area contributed by atoms with Crippen LogP contribution in [-0.4, -0.2) is 15.5 Å². The quantitative estimate of drug-likeness (QED) is 0.772. The molecule has 1 aliphatic carbocycles. The third-order valence-corrected chi connectivity index (χ3v) is 6.13. The van der Waals surface area contributed by atoms with Gasteiger partial charge in [0.05, 0.1) is 7.11 Å². The van der Waals surface area contributed by atoms with Crippen LogP contribution in [0.5, 0.6) is 5.75 Å². The maximum Gasteiger partial charge on any atom is 0.244 e. The second kappa shape index (κ2) is 7.86. The topological polar surface area (TPSA) is 81.4 Å². The van der Waals surface area contributed by atoms with E-state index in [1.165, 1.54) is 7.11 Å².